The van der Waals surface area contributed by atoms with Crippen molar-refractivity contribution in [2.45, 2.75) is 12.5 Å². The number of carbonyl (C=O) groups is 2. The first-order chi connectivity index (χ1) is 17.7. The van der Waals surface area contributed by atoms with Gasteiger partial charge in [0.1, 0.15) is 5.76 Å². The van der Waals surface area contributed by atoms with E-state index in [0.717, 1.165) is 10.0 Å². The van der Waals surface area contributed by atoms with E-state index in [2.05, 4.69) is 15.9 Å². The molecule has 0 aromatic heterocycles. The number of aliphatic hydroxyl groups excluding tert-OH is 1. The first-order valence-electron chi connectivity index (χ1n) is 11.2. The van der Waals surface area contributed by atoms with Gasteiger partial charge in [0.25, 0.3) is 17.4 Å². The van der Waals surface area contributed by atoms with E-state index in [4.69, 9.17) is 9.47 Å². The predicted molar refractivity (Wildman–Crippen MR) is 139 cm³/mol. The van der Waals surface area contributed by atoms with E-state index in [1.165, 1.54) is 37.3 Å². The molecule has 0 spiro atoms. The lowest BCUT2D eigenvalue weighted by molar-refractivity contribution is -0.384. The molecule has 1 saturated heterocycles. The lowest BCUT2D eigenvalue weighted by atomic mass is 9.95. The number of rotatable bonds is 8. The summed E-state index contributed by atoms with van der Waals surface area (Å²) >= 11 is 3.33. The Balaban J connectivity index is 1.78. The van der Waals surface area contributed by atoms with E-state index in [9.17, 15) is 24.8 Å². The fourth-order valence-electron chi connectivity index (χ4n) is 4.31. The Bertz CT molecular complexity index is 1400. The van der Waals surface area contributed by atoms with Crippen LogP contribution in [0.5, 0.6) is 11.5 Å². The van der Waals surface area contributed by atoms with E-state index in [1.807, 2.05) is 6.07 Å². The predicted octanol–water partition coefficient (Wildman–Crippen LogP) is 5.04. The van der Waals surface area contributed by atoms with Crippen LogP contribution in [0.3, 0.4) is 0 Å². The van der Waals surface area contributed by atoms with Crippen molar-refractivity contribution in [3.63, 3.8) is 0 Å². The van der Waals surface area contributed by atoms with Gasteiger partial charge in [0.15, 0.2) is 11.5 Å². The summed E-state index contributed by atoms with van der Waals surface area (Å²) in [5.74, 6) is -0.929. The van der Waals surface area contributed by atoms with Crippen LogP contribution in [0.4, 0.5) is 5.69 Å². The number of halogens is 1. The van der Waals surface area contributed by atoms with Gasteiger partial charge in [-0.1, -0.05) is 46.3 Å². The van der Waals surface area contributed by atoms with Crippen LogP contribution < -0.4 is 9.47 Å². The Kier molecular flexibility index (Phi) is 7.58. The van der Waals surface area contributed by atoms with Crippen LogP contribution in [0.15, 0.2) is 76.8 Å². The van der Waals surface area contributed by atoms with Crippen LogP contribution in [0, 0.1) is 10.1 Å². The molecule has 1 heterocycles. The molecule has 190 valence electrons. The van der Waals surface area contributed by atoms with Crippen LogP contribution in [-0.2, 0) is 16.0 Å². The minimum absolute atomic E-state index is 0.116. The number of hydrogen-bond donors (Lipinski definition) is 1. The topological polar surface area (TPSA) is 119 Å². The zero-order valence-electron chi connectivity index (χ0n) is 20.0. The molecule has 1 N–H and O–H groups in total. The van der Waals surface area contributed by atoms with Crippen molar-refractivity contribution in [2.75, 3.05) is 20.8 Å². The van der Waals surface area contributed by atoms with Gasteiger partial charge in [0, 0.05) is 28.7 Å². The quantitative estimate of drug-likeness (QED) is 0.133. The third-order valence-electron chi connectivity index (χ3n) is 6.14. The zero-order chi connectivity index (χ0) is 26.7. The molecule has 4 rings (SSSR count). The molecule has 3 aromatic carbocycles. The third kappa shape index (κ3) is 5.19. The van der Waals surface area contributed by atoms with Crippen molar-refractivity contribution in [2.24, 2.45) is 0 Å². The van der Waals surface area contributed by atoms with E-state index in [-0.39, 0.29) is 23.6 Å². The normalized spacial score (nSPS) is 16.6. The van der Waals surface area contributed by atoms with Crippen molar-refractivity contribution in [3.8, 4) is 11.5 Å². The lowest BCUT2D eigenvalue weighted by Gasteiger charge is -2.25. The molecule has 1 aliphatic heterocycles. The molecule has 1 aliphatic rings. The molecule has 1 amide bonds. The van der Waals surface area contributed by atoms with Gasteiger partial charge in [-0.3, -0.25) is 19.7 Å². The van der Waals surface area contributed by atoms with Gasteiger partial charge < -0.3 is 19.5 Å². The van der Waals surface area contributed by atoms with Gasteiger partial charge in [-0.15, -0.1) is 0 Å². The molecule has 0 saturated carbocycles. The van der Waals surface area contributed by atoms with Gasteiger partial charge in [-0.2, -0.15) is 0 Å². The van der Waals surface area contributed by atoms with E-state index < -0.39 is 22.7 Å². The van der Waals surface area contributed by atoms with Crippen LogP contribution in [0.2, 0.25) is 0 Å². The number of nitrogens with zero attached hydrogens (tertiary/aromatic N) is 2. The number of ketones is 1. The average Bonchev–Trinajstić information content (AvgIpc) is 3.16. The largest absolute Gasteiger partial charge is 0.507 e. The summed E-state index contributed by atoms with van der Waals surface area (Å²) in [5.41, 5.74) is 1.20. The Morgan fingerprint density at radius 3 is 2.38 bits per heavy atom. The highest BCUT2D eigenvalue weighted by atomic mass is 79.9. The molecule has 0 radical (unpaired) electrons. The molecule has 3 aromatic rings. The number of nitro groups is 1. The Morgan fingerprint density at radius 1 is 1.03 bits per heavy atom. The minimum Gasteiger partial charge on any atom is -0.507 e. The Hall–Kier alpha value is -4.18. The van der Waals surface area contributed by atoms with Crippen molar-refractivity contribution in [3.05, 3.63) is 104 Å². The fraction of sp³-hybridized carbons (Fsp3) is 0.185. The van der Waals surface area contributed by atoms with Crippen LogP contribution in [-0.4, -0.2) is 47.4 Å². The summed E-state index contributed by atoms with van der Waals surface area (Å²) in [5, 5.41) is 22.6. The highest BCUT2D eigenvalue weighted by Crippen LogP contribution is 2.40. The number of nitro benzene ring substituents is 1. The standard InChI is InChI=1S/C27H23BrN2O7/c1-36-21-11-6-16(14-22(21)37-2)12-13-29-24(18-4-3-5-20(15-18)30(34)35)23(26(32)27(29)33)25(31)17-7-9-19(28)10-8-17/h3-11,14-15,24,31H,12-13H2,1-2H3/t24-/m0/s1. The van der Waals surface area contributed by atoms with E-state index in [0.29, 0.717) is 29.0 Å². The summed E-state index contributed by atoms with van der Waals surface area (Å²) in [7, 11) is 3.05. The maximum absolute atomic E-state index is 13.2. The Morgan fingerprint density at radius 2 is 1.73 bits per heavy atom. The molecule has 1 atom stereocenters. The Labute approximate surface area is 221 Å². The molecule has 0 aliphatic carbocycles. The second kappa shape index (κ2) is 10.8. The summed E-state index contributed by atoms with van der Waals surface area (Å²) in [4.78, 5) is 38.6. The summed E-state index contributed by atoms with van der Waals surface area (Å²) in [6.45, 7) is 0.116. The summed E-state index contributed by atoms with van der Waals surface area (Å²) in [6, 6.07) is 16.7. The number of likely N-dealkylation sites (tertiary alicyclic amines) is 1. The van der Waals surface area contributed by atoms with Crippen molar-refractivity contribution < 1.29 is 29.1 Å². The van der Waals surface area contributed by atoms with E-state index >= 15 is 0 Å². The molecule has 37 heavy (non-hydrogen) atoms. The third-order valence-corrected chi connectivity index (χ3v) is 6.67. The van der Waals surface area contributed by atoms with Gasteiger partial charge in [-0.25, -0.2) is 0 Å². The number of methoxy groups -OCH3 is 2. The number of Topliss-reactive ketones (excluding diaryl/α,β-unsaturated/α-hetero) is 1. The molecular formula is C27H23BrN2O7. The fourth-order valence-corrected chi connectivity index (χ4v) is 4.58. The molecule has 1 fully saturated rings. The number of hydrogen-bond acceptors (Lipinski definition) is 7. The van der Waals surface area contributed by atoms with E-state index in [1.54, 1.807) is 42.5 Å². The van der Waals surface area contributed by atoms with Gasteiger partial charge in [-0.05, 0) is 41.8 Å². The lowest BCUT2D eigenvalue weighted by Crippen LogP contribution is -2.31. The zero-order valence-corrected chi connectivity index (χ0v) is 21.6. The highest BCUT2D eigenvalue weighted by Gasteiger charge is 2.46. The maximum Gasteiger partial charge on any atom is 0.295 e. The van der Waals surface area contributed by atoms with Gasteiger partial charge in [0.2, 0.25) is 0 Å². The van der Waals surface area contributed by atoms with Crippen LogP contribution in [0.25, 0.3) is 5.76 Å². The second-order valence-corrected chi connectivity index (χ2v) is 9.21. The molecule has 0 bridgehead atoms. The van der Waals surface area contributed by atoms with Crippen molar-refractivity contribution >= 4 is 39.1 Å². The number of non-ortho nitro benzene ring substituents is 1. The second-order valence-electron chi connectivity index (χ2n) is 8.29. The summed E-state index contributed by atoms with van der Waals surface area (Å²) < 4.78 is 11.4. The number of benzene rings is 3. The van der Waals surface area contributed by atoms with Crippen molar-refractivity contribution in [1.29, 1.82) is 0 Å². The smallest absolute Gasteiger partial charge is 0.295 e. The molecule has 10 heteroatoms. The van der Waals surface area contributed by atoms with Crippen molar-refractivity contribution in [1.82, 2.24) is 4.90 Å². The molecule has 0 unspecified atom stereocenters. The highest BCUT2D eigenvalue weighted by molar-refractivity contribution is 9.10. The number of aliphatic hydroxyl groups is 1. The maximum atomic E-state index is 13.2. The number of carbonyl (C=O) groups excluding carboxylic acids is 2. The van der Waals surface area contributed by atoms with Crippen LogP contribution >= 0.6 is 15.9 Å². The van der Waals surface area contributed by atoms with Gasteiger partial charge >= 0.3 is 0 Å². The van der Waals surface area contributed by atoms with Gasteiger partial charge in [0.05, 0.1) is 30.8 Å². The minimum atomic E-state index is -1.01. The number of ether oxygens (including phenoxy) is 2. The molecular weight excluding hydrogens is 544 g/mol. The van der Waals surface area contributed by atoms with Crippen LogP contribution in [0.1, 0.15) is 22.7 Å². The monoisotopic (exact) mass is 566 g/mol. The first-order valence-corrected chi connectivity index (χ1v) is 12.0. The summed E-state index contributed by atoms with van der Waals surface area (Å²) in [6.07, 6.45) is 0.358. The molecule has 9 nitrogen and oxygen atoms in total. The first kappa shape index (κ1) is 25.9. The SMILES string of the molecule is COc1ccc(CCN2C(=O)C(=O)C(=C(O)c3ccc(Br)cc3)[C@@H]2c2cccc([N+](=O)[O-])c2)cc1OC. The average molecular weight is 567 g/mol. The number of amides is 1.